The molecule has 0 saturated carbocycles. The second kappa shape index (κ2) is 13.8. The molecule has 0 aliphatic rings. The van der Waals surface area contributed by atoms with Gasteiger partial charge in [0.1, 0.15) is 5.10 Å². The Labute approximate surface area is 257 Å². The molecule has 0 radical (unpaired) electrons. The summed E-state index contributed by atoms with van der Waals surface area (Å²) in [6.07, 6.45) is -12.4. The average Bonchev–Trinajstić information content (AvgIpc) is 2.97. The molecule has 0 aliphatic carbocycles. The Kier molecular flexibility index (Phi) is 10.6. The van der Waals surface area contributed by atoms with Gasteiger partial charge in [-0.3, -0.25) is 9.59 Å². The topological polar surface area (TPSA) is 143 Å². The number of rotatable bonds is 10. The van der Waals surface area contributed by atoms with E-state index < -0.39 is 46.4 Å². The smallest absolute Gasteiger partial charge is 0.365 e. The zero-order chi connectivity index (χ0) is 34.4. The molecule has 0 fully saturated rings. The van der Waals surface area contributed by atoms with Crippen LogP contribution in [0.15, 0.2) is 71.8 Å². The number of nitrogens with one attached hydrogen (secondary N) is 2. The van der Waals surface area contributed by atoms with E-state index in [1.54, 1.807) is 30.3 Å². The van der Waals surface area contributed by atoms with E-state index in [-0.39, 0.29) is 47.6 Å². The molecule has 0 spiro atoms. The summed E-state index contributed by atoms with van der Waals surface area (Å²) >= 11 is 0. The van der Waals surface area contributed by atoms with Gasteiger partial charge in [0.05, 0.1) is 0 Å². The lowest BCUT2D eigenvalue weighted by Gasteiger charge is -2.31. The van der Waals surface area contributed by atoms with E-state index in [4.69, 9.17) is 5.73 Å². The first kappa shape index (κ1) is 35.3. The molecule has 0 atom stereocenters. The normalized spacial score (nSPS) is 12.4. The zero-order valence-electron chi connectivity index (χ0n) is 24.2. The third kappa shape index (κ3) is 7.89. The van der Waals surface area contributed by atoms with E-state index in [2.05, 4.69) is 15.7 Å². The summed E-state index contributed by atoms with van der Waals surface area (Å²) in [5, 5.41) is 17.4. The molecule has 3 aromatic rings. The van der Waals surface area contributed by atoms with Crippen molar-refractivity contribution in [3.8, 4) is 0 Å². The zero-order valence-corrected chi connectivity index (χ0v) is 24.2. The lowest BCUT2D eigenvalue weighted by atomic mass is 9.90. The number of nitrogens with two attached hydrogens (primary N) is 1. The molecule has 0 aromatic heterocycles. The van der Waals surface area contributed by atoms with E-state index >= 15 is 0 Å². The second-order valence-corrected chi connectivity index (χ2v) is 9.97. The number of anilines is 2. The minimum Gasteiger partial charge on any atom is -0.365 e. The Morgan fingerprint density at radius 3 is 2.00 bits per heavy atom. The van der Waals surface area contributed by atoms with Crippen LogP contribution in [0.5, 0.6) is 0 Å². The fourth-order valence-corrected chi connectivity index (χ4v) is 4.51. The first-order valence-electron chi connectivity index (χ1n) is 13.3. The molecule has 246 valence electrons. The van der Waals surface area contributed by atoms with Crippen molar-refractivity contribution in [3.05, 3.63) is 105 Å². The van der Waals surface area contributed by atoms with Gasteiger partial charge in [0.25, 0.3) is 17.8 Å². The first-order valence-corrected chi connectivity index (χ1v) is 13.3. The van der Waals surface area contributed by atoms with Crippen LogP contribution in [-0.2, 0) is 5.67 Å². The monoisotopic (exact) mass is 656 g/mol. The van der Waals surface area contributed by atoms with Crippen molar-refractivity contribution in [1.82, 2.24) is 5.32 Å². The summed E-state index contributed by atoms with van der Waals surface area (Å²) in [6.45, 7) is 2.36. The predicted molar refractivity (Wildman–Crippen MR) is 155 cm³/mol. The molecule has 46 heavy (non-hydrogen) atoms. The largest absolute Gasteiger partial charge is 0.435 e. The number of carbonyl (C=O) groups is 2. The molecule has 0 unspecified atom stereocenters. The van der Waals surface area contributed by atoms with Gasteiger partial charge in [-0.2, -0.15) is 26.3 Å². The Balaban J connectivity index is 1.90. The Morgan fingerprint density at radius 1 is 0.891 bits per heavy atom. The van der Waals surface area contributed by atoms with Gasteiger partial charge in [-0.05, 0) is 61.7 Å². The van der Waals surface area contributed by atoms with Crippen molar-refractivity contribution in [2.75, 3.05) is 23.3 Å². The van der Waals surface area contributed by atoms with Gasteiger partial charge < -0.3 is 21.3 Å². The third-order valence-corrected chi connectivity index (χ3v) is 6.69. The highest BCUT2D eigenvalue weighted by atomic mass is 19.4. The Morgan fingerprint density at radius 2 is 1.46 bits per heavy atom. The van der Waals surface area contributed by atoms with Crippen LogP contribution in [-0.4, -0.2) is 48.2 Å². The number of hydrazone groups is 1. The van der Waals surface area contributed by atoms with E-state index in [9.17, 15) is 50.4 Å². The lowest BCUT2D eigenvalue weighted by Crippen LogP contribution is -2.50. The third-order valence-electron chi connectivity index (χ3n) is 6.69. The summed E-state index contributed by atoms with van der Waals surface area (Å²) in [6, 6.07) is 14.5. The number of aryl methyl sites for hydroxylation is 2. The summed E-state index contributed by atoms with van der Waals surface area (Å²) in [4.78, 5) is 38.4. The van der Waals surface area contributed by atoms with Gasteiger partial charge in [-0.25, -0.2) is 14.5 Å². The molecule has 17 heteroatoms. The minimum atomic E-state index is -6.30. The number of hydrogen-bond donors (Lipinski definition) is 3. The van der Waals surface area contributed by atoms with Gasteiger partial charge in [0.15, 0.2) is 5.03 Å². The van der Waals surface area contributed by atoms with Gasteiger partial charge in [-0.15, -0.1) is 0 Å². The van der Waals surface area contributed by atoms with Gasteiger partial charge in [-0.1, -0.05) is 36.4 Å². The van der Waals surface area contributed by atoms with Crippen LogP contribution in [0.3, 0.4) is 0 Å². The quantitative estimate of drug-likeness (QED) is 0.0612. The van der Waals surface area contributed by atoms with Crippen LogP contribution < -0.4 is 21.3 Å². The highest BCUT2D eigenvalue weighted by Crippen LogP contribution is 2.53. The molecule has 0 saturated heterocycles. The SMILES string of the molecule is Cc1cc(C(F)(C(F)(F)F)C(F)(F)F)cc(C)c1NC(=O)c1cccc(N(CCCN/C(N)=N/[N+](=O)[O-])C(=O)c2ccccc2)c1. The van der Waals surface area contributed by atoms with Crippen molar-refractivity contribution >= 4 is 29.1 Å². The first-order chi connectivity index (χ1) is 21.4. The fourth-order valence-electron chi connectivity index (χ4n) is 4.51. The van der Waals surface area contributed by atoms with Gasteiger partial charge in [0.2, 0.25) is 0 Å². The van der Waals surface area contributed by atoms with Gasteiger partial charge in [0, 0.05) is 41.2 Å². The molecule has 10 nitrogen and oxygen atoms in total. The van der Waals surface area contributed by atoms with E-state index in [1.807, 2.05) is 0 Å². The van der Waals surface area contributed by atoms with E-state index in [0.717, 1.165) is 13.8 Å². The van der Waals surface area contributed by atoms with Crippen LogP contribution in [0.1, 0.15) is 43.8 Å². The average molecular weight is 657 g/mol. The number of benzene rings is 3. The number of amides is 2. The van der Waals surface area contributed by atoms with Crippen LogP contribution in [0, 0.1) is 24.0 Å². The van der Waals surface area contributed by atoms with E-state index in [0.29, 0.717) is 17.7 Å². The molecule has 2 amide bonds. The minimum absolute atomic E-state index is 0.0304. The number of nitrogens with zero attached hydrogens (tertiary/aromatic N) is 3. The maximum atomic E-state index is 14.7. The van der Waals surface area contributed by atoms with Crippen molar-refractivity contribution < 1.29 is 45.4 Å². The molecule has 0 aliphatic heterocycles. The number of hydrogen-bond acceptors (Lipinski definition) is 4. The summed E-state index contributed by atoms with van der Waals surface area (Å²) < 4.78 is 94.4. The lowest BCUT2D eigenvalue weighted by molar-refractivity contribution is -0.485. The van der Waals surface area contributed by atoms with Crippen molar-refractivity contribution in [2.45, 2.75) is 38.3 Å². The van der Waals surface area contributed by atoms with Crippen LogP contribution in [0.25, 0.3) is 0 Å². The summed E-state index contributed by atoms with van der Waals surface area (Å²) in [5.41, 5.74) is -2.05. The molecular formula is C29H27F7N6O4. The molecule has 0 heterocycles. The number of guanidine groups is 1. The van der Waals surface area contributed by atoms with Crippen LogP contribution in [0.2, 0.25) is 0 Å². The highest BCUT2D eigenvalue weighted by molar-refractivity contribution is 6.08. The maximum absolute atomic E-state index is 14.7. The molecule has 4 N–H and O–H groups in total. The Bertz CT molecular complexity index is 1590. The summed E-state index contributed by atoms with van der Waals surface area (Å²) in [5.74, 6) is -1.73. The fraction of sp³-hybridized carbons (Fsp3) is 0.276. The standard InChI is InChI=1S/C29H27F7N6O4/c1-17-14-21(27(30,28(31,32)33)29(34,35)36)15-18(2)23(17)39-24(43)20-10-6-11-22(16-20)41(25(44)19-8-4-3-5-9-19)13-7-12-38-26(37)40-42(45)46/h3-6,8-11,14-16H,7,12-13H2,1-2H3,(H,39,43)(H3,37,38,40). The van der Waals surface area contributed by atoms with E-state index in [1.165, 1.54) is 29.2 Å². The molecular weight excluding hydrogens is 629 g/mol. The molecule has 0 bridgehead atoms. The van der Waals surface area contributed by atoms with Crippen molar-refractivity contribution in [1.29, 1.82) is 0 Å². The molecule has 3 aromatic carbocycles. The molecule has 3 rings (SSSR count). The van der Waals surface area contributed by atoms with Crippen LogP contribution >= 0.6 is 0 Å². The second-order valence-electron chi connectivity index (χ2n) is 9.97. The number of nitro groups is 1. The van der Waals surface area contributed by atoms with Gasteiger partial charge >= 0.3 is 18.0 Å². The summed E-state index contributed by atoms with van der Waals surface area (Å²) in [7, 11) is 0. The predicted octanol–water partition coefficient (Wildman–Crippen LogP) is 5.98. The van der Waals surface area contributed by atoms with Crippen molar-refractivity contribution in [2.24, 2.45) is 10.8 Å². The van der Waals surface area contributed by atoms with Crippen LogP contribution in [0.4, 0.5) is 42.1 Å². The number of halogens is 7. The highest BCUT2D eigenvalue weighted by Gasteiger charge is 2.73. The maximum Gasteiger partial charge on any atom is 0.435 e. The number of carbonyl (C=O) groups excluding carboxylic acids is 2. The van der Waals surface area contributed by atoms with Crippen molar-refractivity contribution in [3.63, 3.8) is 0 Å². The Hall–Kier alpha value is -5.22. The number of alkyl halides is 7.